The Bertz CT molecular complexity index is 2720. The van der Waals surface area contributed by atoms with Gasteiger partial charge < -0.3 is 40.2 Å². The Hall–Kier alpha value is -7.00. The minimum Gasteiger partial charge on any atom is -0.453 e. The van der Waals surface area contributed by atoms with Gasteiger partial charge in [0, 0.05) is 79.1 Å². The molecule has 3 aliphatic heterocycles. The minimum atomic E-state index is -5.06. The molecule has 408 valence electrons. The van der Waals surface area contributed by atoms with E-state index < -0.39 is 95.5 Å². The number of aliphatic hydroxyl groups is 1. The lowest BCUT2D eigenvalue weighted by Gasteiger charge is -2.47. The zero-order chi connectivity index (χ0) is 55.1. The molecule has 23 heteroatoms. The van der Waals surface area contributed by atoms with Crippen molar-refractivity contribution < 1.29 is 60.4 Å². The number of carbonyl (C=O) groups excluding carboxylic acids is 4. The average Bonchev–Trinajstić information content (AvgIpc) is 3.61. The van der Waals surface area contributed by atoms with Crippen molar-refractivity contribution in [3.8, 4) is 23.2 Å². The van der Waals surface area contributed by atoms with E-state index in [1.54, 1.807) is 51.2 Å². The molecule has 4 amide bonds. The third-order valence-corrected chi connectivity index (χ3v) is 13.9. The summed E-state index contributed by atoms with van der Waals surface area (Å²) in [5.41, 5.74) is -0.334. The van der Waals surface area contributed by atoms with Crippen LogP contribution in [0, 0.1) is 34.3 Å². The number of alkyl carbamates (subject to hydrolysis) is 2. The molecule has 2 unspecified atom stereocenters. The molecule has 4 aromatic rings. The topological polar surface area (TPSA) is 213 Å². The zero-order valence-corrected chi connectivity index (χ0v) is 43.2. The molecule has 2 aromatic carbocycles. The lowest BCUT2D eigenvalue weighted by molar-refractivity contribution is -0.220. The first-order valence-corrected chi connectivity index (χ1v) is 24.7. The largest absolute Gasteiger partial charge is 0.453 e. The van der Waals surface area contributed by atoms with E-state index in [0.29, 0.717) is 48.7 Å². The maximum absolute atomic E-state index is 16.0. The smallest absolute Gasteiger partial charge is 0.407 e. The summed E-state index contributed by atoms with van der Waals surface area (Å²) in [7, 11) is 1.98. The fourth-order valence-electron chi connectivity index (χ4n) is 9.44. The van der Waals surface area contributed by atoms with Crippen LogP contribution in [-0.4, -0.2) is 150 Å². The number of aliphatic hydroxyl groups excluding tert-OH is 1. The predicted molar refractivity (Wildman–Crippen MR) is 268 cm³/mol. The third-order valence-electron chi connectivity index (χ3n) is 13.9. The minimum absolute atomic E-state index is 0.00990. The number of fused-ring (bicyclic) bond motifs is 2. The van der Waals surface area contributed by atoms with Gasteiger partial charge in [-0.25, -0.2) is 38.3 Å². The van der Waals surface area contributed by atoms with Crippen LogP contribution < -0.4 is 26.3 Å². The van der Waals surface area contributed by atoms with Gasteiger partial charge in [0.25, 0.3) is 5.91 Å². The van der Waals surface area contributed by atoms with E-state index in [4.69, 9.17) is 14.5 Å². The van der Waals surface area contributed by atoms with E-state index in [9.17, 15) is 37.5 Å². The summed E-state index contributed by atoms with van der Waals surface area (Å²) in [6.45, 7) is 8.07. The Morgan fingerprint density at radius 3 is 1.91 bits per heavy atom. The van der Waals surface area contributed by atoms with Gasteiger partial charge in [-0.15, -0.1) is 0 Å². The second-order valence-corrected chi connectivity index (χ2v) is 20.7. The number of anilines is 1. The molecule has 5 N–H and O–H groups in total. The molecule has 3 saturated heterocycles. The van der Waals surface area contributed by atoms with Crippen LogP contribution in [0.5, 0.6) is 0 Å². The van der Waals surface area contributed by atoms with E-state index in [2.05, 4.69) is 52.4 Å². The number of benzene rings is 2. The van der Waals surface area contributed by atoms with Gasteiger partial charge in [0.2, 0.25) is 5.91 Å². The third kappa shape index (κ3) is 13.7. The highest BCUT2D eigenvalue weighted by molar-refractivity contribution is 5.87. The highest BCUT2D eigenvalue weighted by Gasteiger charge is 2.56. The van der Waals surface area contributed by atoms with Crippen molar-refractivity contribution >= 4 is 29.8 Å². The summed E-state index contributed by atoms with van der Waals surface area (Å²) in [6.07, 6.45) is -2.76. The van der Waals surface area contributed by atoms with Gasteiger partial charge in [-0.3, -0.25) is 19.9 Å². The van der Waals surface area contributed by atoms with Crippen LogP contribution in [0.2, 0.25) is 0 Å². The Balaban J connectivity index is 1.15. The molecule has 3 fully saturated rings. The number of piperazine rings is 1. The molecule has 2 bridgehead atoms. The zero-order valence-electron chi connectivity index (χ0n) is 43.2. The summed E-state index contributed by atoms with van der Waals surface area (Å²) in [5.74, 6) is 2.60. The van der Waals surface area contributed by atoms with E-state index in [-0.39, 0.29) is 17.8 Å². The van der Waals surface area contributed by atoms with Gasteiger partial charge in [0.15, 0.2) is 5.82 Å². The first-order valence-electron chi connectivity index (χ1n) is 24.7. The Morgan fingerprint density at radius 2 is 1.38 bits per heavy atom. The number of nitrogens with zero attached hydrogens (tertiary/aromatic N) is 6. The standard InChI is InChI=1S/C53H63F5N10O8/c1-51(2,3)44(63-49(72)74-6)48(71)65-67(27-38-39(54)22-34(23-40(38)55)46-59-19-8-20-60-46)28-42(69)41(62-47(70)45(64-50(73)75-7)52(4,5)53(56,57)58)21-32-12-9-31(10-13-32)11-14-33-15-18-43(61-24-33)66-25-35-16-17-36(26-66)68(35)37-29-76-30-37/h8-10,12-13,15,18-20,22-24,35-37,41-42,44-45,69H,16-17,21,25-30H2,1-7H3,(H,62,70)(H,63,72)(H,64,73)(H,65,71)/t35?,36?,41-,42-,44+,45+/m0/s1. The van der Waals surface area contributed by atoms with Crippen LogP contribution in [0.15, 0.2) is 73.2 Å². The average molecular weight is 1060 g/mol. The normalized spacial score (nSPS) is 18.5. The number of ether oxygens (including phenoxy) is 3. The summed E-state index contributed by atoms with van der Waals surface area (Å²) < 4.78 is 90.4. The number of amides is 4. The highest BCUT2D eigenvalue weighted by Crippen LogP contribution is 2.41. The molecule has 0 radical (unpaired) electrons. The summed E-state index contributed by atoms with van der Waals surface area (Å²) in [6, 6.07) is 10.1. The monoisotopic (exact) mass is 1060 g/mol. The van der Waals surface area contributed by atoms with Crippen molar-refractivity contribution in [2.45, 2.75) is 109 Å². The number of halogens is 5. The van der Waals surface area contributed by atoms with Gasteiger partial charge in [0.1, 0.15) is 29.5 Å². The van der Waals surface area contributed by atoms with Crippen LogP contribution in [0.3, 0.4) is 0 Å². The van der Waals surface area contributed by atoms with Gasteiger partial charge in [-0.2, -0.15) is 13.2 Å². The maximum Gasteiger partial charge on any atom is 0.407 e. The Morgan fingerprint density at radius 1 is 0.803 bits per heavy atom. The van der Waals surface area contributed by atoms with Gasteiger partial charge in [0.05, 0.1) is 51.0 Å². The summed E-state index contributed by atoms with van der Waals surface area (Å²) in [5, 5.41) is 19.9. The molecule has 3 aliphatic rings. The van der Waals surface area contributed by atoms with E-state index in [1.807, 2.05) is 17.4 Å². The van der Waals surface area contributed by atoms with Crippen molar-refractivity contribution in [1.82, 2.24) is 46.2 Å². The number of hydrogen-bond donors (Lipinski definition) is 5. The van der Waals surface area contributed by atoms with Crippen LogP contribution in [0.4, 0.5) is 37.4 Å². The molecular formula is C53H63F5N10O8. The number of aromatic nitrogens is 3. The molecule has 0 aliphatic carbocycles. The van der Waals surface area contributed by atoms with Crippen molar-refractivity contribution in [3.63, 3.8) is 0 Å². The molecular weight excluding hydrogens is 1000 g/mol. The first kappa shape index (κ1) is 56.7. The summed E-state index contributed by atoms with van der Waals surface area (Å²) >= 11 is 0. The quantitative estimate of drug-likeness (QED) is 0.0518. The van der Waals surface area contributed by atoms with Crippen LogP contribution >= 0.6 is 0 Å². The number of carbonyl (C=O) groups is 4. The first-order chi connectivity index (χ1) is 35.9. The Kier molecular flexibility index (Phi) is 17.8. The van der Waals surface area contributed by atoms with E-state index >= 15 is 8.78 Å². The Labute approximate surface area is 437 Å². The van der Waals surface area contributed by atoms with E-state index in [1.165, 1.54) is 18.5 Å². The highest BCUT2D eigenvalue weighted by atomic mass is 19.4. The molecule has 76 heavy (non-hydrogen) atoms. The van der Waals surface area contributed by atoms with Crippen LogP contribution in [-0.2, 0) is 36.8 Å². The van der Waals surface area contributed by atoms with Crippen molar-refractivity contribution in [1.29, 1.82) is 0 Å². The molecule has 0 spiro atoms. The second kappa shape index (κ2) is 23.9. The van der Waals surface area contributed by atoms with E-state index in [0.717, 1.165) is 76.3 Å². The van der Waals surface area contributed by atoms with Crippen molar-refractivity contribution in [2.75, 3.05) is 52.0 Å². The number of methoxy groups -OCH3 is 2. The number of hydrazine groups is 1. The number of alkyl halides is 3. The second-order valence-electron chi connectivity index (χ2n) is 20.7. The fourth-order valence-corrected chi connectivity index (χ4v) is 9.44. The lowest BCUT2D eigenvalue weighted by atomic mass is 9.82. The van der Waals surface area contributed by atoms with Crippen LogP contribution in [0.1, 0.15) is 69.7 Å². The molecule has 18 nitrogen and oxygen atoms in total. The molecule has 0 saturated carbocycles. The number of hydrogen-bond acceptors (Lipinski definition) is 14. The SMILES string of the molecule is COC(=O)N[C@H](C(=O)NN(Cc1c(F)cc(-c2ncccn2)cc1F)C[C@H](O)[C@H](Cc1ccc(C#Cc2ccc(N3CC4CCC(C3)N4C3COC3)nc2)cc1)NC(=O)[C@@H](NC(=O)OC)C(C)(C)C(F)(F)F)C(C)(C)C. The summed E-state index contributed by atoms with van der Waals surface area (Å²) in [4.78, 5) is 70.7. The lowest BCUT2D eigenvalue weighted by Crippen LogP contribution is -2.63. The maximum atomic E-state index is 16.0. The number of nitrogens with one attached hydrogen (secondary N) is 4. The number of pyridine rings is 1. The fraction of sp³-hybridized carbons (Fsp3) is 0.491. The molecule has 7 rings (SSSR count). The van der Waals surface area contributed by atoms with Crippen LogP contribution in [0.25, 0.3) is 11.4 Å². The molecule has 2 aromatic heterocycles. The van der Waals surface area contributed by atoms with Gasteiger partial charge >= 0.3 is 18.4 Å². The van der Waals surface area contributed by atoms with Gasteiger partial charge in [-0.1, -0.05) is 44.7 Å². The predicted octanol–water partition coefficient (Wildman–Crippen LogP) is 5.27. The van der Waals surface area contributed by atoms with Gasteiger partial charge in [-0.05, 0) is 86.6 Å². The number of rotatable bonds is 17. The van der Waals surface area contributed by atoms with Crippen molar-refractivity contribution in [3.05, 3.63) is 107 Å². The molecule has 6 atom stereocenters. The van der Waals surface area contributed by atoms with Crippen molar-refractivity contribution in [2.24, 2.45) is 10.8 Å². The molecule has 5 heterocycles.